The van der Waals surface area contributed by atoms with Gasteiger partial charge < -0.3 is 0 Å². The Morgan fingerprint density at radius 3 is 2.53 bits per heavy atom. The molecule has 0 aromatic rings. The van der Waals surface area contributed by atoms with Crippen LogP contribution in [-0.2, 0) is 0 Å². The molecule has 17 heavy (non-hydrogen) atoms. The second-order valence-electron chi connectivity index (χ2n) is 6.11. The molecule has 2 heteroatoms. The zero-order chi connectivity index (χ0) is 12.3. The summed E-state index contributed by atoms with van der Waals surface area (Å²) in [6.45, 7) is 6.96. The second-order valence-corrected chi connectivity index (χ2v) is 6.11. The number of hydrogen-bond donors (Lipinski definition) is 0. The molecule has 2 rings (SSSR count). The SMILES string of the molecule is CCN(CC1CCC1)C1CC(C)CCC1C#N. The lowest BCUT2D eigenvalue weighted by atomic mass is 9.77. The normalized spacial score (nSPS) is 34.4. The summed E-state index contributed by atoms with van der Waals surface area (Å²) in [7, 11) is 0. The van der Waals surface area contributed by atoms with Gasteiger partial charge in [0.2, 0.25) is 0 Å². The third-order valence-electron chi connectivity index (χ3n) is 4.84. The van der Waals surface area contributed by atoms with Gasteiger partial charge in [-0.3, -0.25) is 4.90 Å². The predicted molar refractivity (Wildman–Crippen MR) is 70.5 cm³/mol. The smallest absolute Gasteiger partial charge is 0.0672 e. The van der Waals surface area contributed by atoms with Crippen molar-refractivity contribution in [1.29, 1.82) is 5.26 Å². The van der Waals surface area contributed by atoms with Gasteiger partial charge in [-0.1, -0.05) is 20.3 Å². The molecule has 0 bridgehead atoms. The van der Waals surface area contributed by atoms with Gasteiger partial charge in [-0.05, 0) is 50.5 Å². The summed E-state index contributed by atoms with van der Waals surface area (Å²) in [5.74, 6) is 2.01. The third kappa shape index (κ3) is 3.01. The fraction of sp³-hybridized carbons (Fsp3) is 0.933. The molecule has 0 heterocycles. The Kier molecular flexibility index (Phi) is 4.45. The van der Waals surface area contributed by atoms with E-state index >= 15 is 0 Å². The molecule has 3 unspecified atom stereocenters. The molecule has 2 aliphatic rings. The molecule has 0 amide bonds. The maximum Gasteiger partial charge on any atom is 0.0672 e. The second kappa shape index (κ2) is 5.87. The fourth-order valence-corrected chi connectivity index (χ4v) is 3.41. The van der Waals surface area contributed by atoms with E-state index in [4.69, 9.17) is 0 Å². The minimum absolute atomic E-state index is 0.284. The van der Waals surface area contributed by atoms with Crippen LogP contribution < -0.4 is 0 Å². The highest BCUT2D eigenvalue weighted by Crippen LogP contribution is 2.34. The summed E-state index contributed by atoms with van der Waals surface area (Å²) in [4.78, 5) is 2.60. The number of nitriles is 1. The van der Waals surface area contributed by atoms with E-state index in [0.29, 0.717) is 6.04 Å². The molecule has 0 saturated heterocycles. The molecular formula is C15H26N2. The molecule has 2 fully saturated rings. The van der Waals surface area contributed by atoms with Crippen molar-refractivity contribution in [2.45, 2.75) is 58.4 Å². The molecule has 2 saturated carbocycles. The van der Waals surface area contributed by atoms with E-state index in [1.807, 2.05) is 0 Å². The zero-order valence-electron chi connectivity index (χ0n) is 11.4. The van der Waals surface area contributed by atoms with Crippen LogP contribution in [0.15, 0.2) is 0 Å². The topological polar surface area (TPSA) is 27.0 Å². The van der Waals surface area contributed by atoms with E-state index < -0.39 is 0 Å². The molecule has 2 nitrogen and oxygen atoms in total. The third-order valence-corrected chi connectivity index (χ3v) is 4.84. The molecule has 0 radical (unpaired) electrons. The minimum atomic E-state index is 0.284. The van der Waals surface area contributed by atoms with Crippen molar-refractivity contribution in [3.8, 4) is 6.07 Å². The van der Waals surface area contributed by atoms with E-state index in [2.05, 4.69) is 24.8 Å². The van der Waals surface area contributed by atoms with E-state index in [-0.39, 0.29) is 5.92 Å². The van der Waals surface area contributed by atoms with Crippen LogP contribution in [0.3, 0.4) is 0 Å². The summed E-state index contributed by atoms with van der Waals surface area (Å²) >= 11 is 0. The Labute approximate surface area is 106 Å². The Morgan fingerprint density at radius 1 is 1.24 bits per heavy atom. The van der Waals surface area contributed by atoms with Gasteiger partial charge in [0.25, 0.3) is 0 Å². The van der Waals surface area contributed by atoms with Crippen molar-refractivity contribution in [3.05, 3.63) is 0 Å². The van der Waals surface area contributed by atoms with Gasteiger partial charge in [-0.15, -0.1) is 0 Å². The predicted octanol–water partition coefficient (Wildman–Crippen LogP) is 3.44. The van der Waals surface area contributed by atoms with Gasteiger partial charge in [0.1, 0.15) is 0 Å². The first-order valence-corrected chi connectivity index (χ1v) is 7.38. The first-order valence-electron chi connectivity index (χ1n) is 7.38. The average molecular weight is 234 g/mol. The molecule has 0 aromatic heterocycles. The van der Waals surface area contributed by atoms with Gasteiger partial charge >= 0.3 is 0 Å². The van der Waals surface area contributed by atoms with Crippen LogP contribution in [0.4, 0.5) is 0 Å². The van der Waals surface area contributed by atoms with Gasteiger partial charge in [-0.2, -0.15) is 5.26 Å². The van der Waals surface area contributed by atoms with E-state index in [1.165, 1.54) is 38.6 Å². The molecule has 0 spiro atoms. The first kappa shape index (κ1) is 12.9. The van der Waals surface area contributed by atoms with Gasteiger partial charge in [-0.25, -0.2) is 0 Å². The van der Waals surface area contributed by atoms with Crippen LogP contribution in [0.25, 0.3) is 0 Å². The highest BCUT2D eigenvalue weighted by molar-refractivity contribution is 4.97. The number of hydrogen-bond acceptors (Lipinski definition) is 2. The standard InChI is InChI=1S/C15H26N2/c1-3-17(11-13-5-4-6-13)15-9-12(2)7-8-14(15)10-16/h12-15H,3-9,11H2,1-2H3. The summed E-state index contributed by atoms with van der Waals surface area (Å²) < 4.78 is 0. The van der Waals surface area contributed by atoms with Crippen LogP contribution in [-0.4, -0.2) is 24.0 Å². The molecular weight excluding hydrogens is 208 g/mol. The van der Waals surface area contributed by atoms with Crippen LogP contribution in [0.1, 0.15) is 52.4 Å². The molecule has 2 aliphatic carbocycles. The van der Waals surface area contributed by atoms with E-state index in [9.17, 15) is 5.26 Å². The van der Waals surface area contributed by atoms with Gasteiger partial charge in [0.15, 0.2) is 0 Å². The molecule has 96 valence electrons. The highest BCUT2D eigenvalue weighted by Gasteiger charge is 2.34. The van der Waals surface area contributed by atoms with E-state index in [1.54, 1.807) is 0 Å². The molecule has 0 N–H and O–H groups in total. The Bertz CT molecular complexity index is 277. The lowest BCUT2D eigenvalue weighted by molar-refractivity contribution is 0.0778. The van der Waals surface area contributed by atoms with Gasteiger partial charge in [0.05, 0.1) is 12.0 Å². The molecule has 0 aromatic carbocycles. The molecule has 0 aliphatic heterocycles. The fourth-order valence-electron chi connectivity index (χ4n) is 3.41. The van der Waals surface area contributed by atoms with Crippen LogP contribution >= 0.6 is 0 Å². The Hall–Kier alpha value is -0.550. The Morgan fingerprint density at radius 2 is 2.00 bits per heavy atom. The number of rotatable bonds is 4. The van der Waals surface area contributed by atoms with Crippen LogP contribution in [0.5, 0.6) is 0 Å². The highest BCUT2D eigenvalue weighted by atomic mass is 15.2. The van der Waals surface area contributed by atoms with Crippen molar-refractivity contribution in [2.75, 3.05) is 13.1 Å². The maximum atomic E-state index is 9.32. The number of nitrogens with zero attached hydrogens (tertiary/aromatic N) is 2. The van der Waals surface area contributed by atoms with Crippen molar-refractivity contribution in [3.63, 3.8) is 0 Å². The minimum Gasteiger partial charge on any atom is -0.299 e. The van der Waals surface area contributed by atoms with Crippen LogP contribution in [0.2, 0.25) is 0 Å². The summed E-state index contributed by atoms with van der Waals surface area (Å²) in [6, 6.07) is 3.09. The zero-order valence-corrected chi connectivity index (χ0v) is 11.4. The first-order chi connectivity index (χ1) is 8.24. The Balaban J connectivity index is 1.96. The summed E-state index contributed by atoms with van der Waals surface area (Å²) in [6.07, 6.45) is 7.84. The lowest BCUT2D eigenvalue weighted by Crippen LogP contribution is -2.46. The van der Waals surface area contributed by atoms with Crippen molar-refractivity contribution < 1.29 is 0 Å². The maximum absolute atomic E-state index is 9.32. The van der Waals surface area contributed by atoms with Crippen LogP contribution in [0, 0.1) is 29.1 Å². The van der Waals surface area contributed by atoms with Crippen molar-refractivity contribution in [1.82, 2.24) is 4.90 Å². The lowest BCUT2D eigenvalue weighted by Gasteiger charge is -2.42. The van der Waals surface area contributed by atoms with Crippen molar-refractivity contribution >= 4 is 0 Å². The van der Waals surface area contributed by atoms with Gasteiger partial charge in [0, 0.05) is 12.6 Å². The largest absolute Gasteiger partial charge is 0.299 e. The van der Waals surface area contributed by atoms with E-state index in [0.717, 1.165) is 24.8 Å². The monoisotopic (exact) mass is 234 g/mol. The van der Waals surface area contributed by atoms with Crippen molar-refractivity contribution in [2.24, 2.45) is 17.8 Å². The quantitative estimate of drug-likeness (QED) is 0.745. The summed E-state index contributed by atoms with van der Waals surface area (Å²) in [5.41, 5.74) is 0. The average Bonchev–Trinajstić information content (AvgIpc) is 2.28. The molecule has 3 atom stereocenters. The summed E-state index contributed by atoms with van der Waals surface area (Å²) in [5, 5.41) is 9.32.